The molecule has 56 valence electrons. The first-order chi connectivity index (χ1) is 5.47. The molecule has 0 saturated carbocycles. The number of benzene rings is 1. The topological polar surface area (TPSA) is 24.4 Å². The van der Waals surface area contributed by atoms with Crippen LogP contribution in [0.4, 0.5) is 0 Å². The van der Waals surface area contributed by atoms with E-state index in [-0.39, 0.29) is 0 Å². The molecule has 1 N–H and O–H groups in total. The summed E-state index contributed by atoms with van der Waals surface area (Å²) in [4.78, 5) is 0. The van der Waals surface area contributed by atoms with Crippen LogP contribution in [0.5, 0.6) is 0 Å². The zero-order valence-electron chi connectivity index (χ0n) is 6.20. The molecule has 0 aromatic heterocycles. The third-order valence-corrected chi connectivity index (χ3v) is 1.88. The number of hydrogen-bond acceptors (Lipinski definition) is 2. The molecule has 11 heavy (non-hydrogen) atoms. The van der Waals surface area contributed by atoms with Crippen molar-refractivity contribution in [2.24, 2.45) is 5.10 Å². The molecular weight excluding hydrogens is 136 g/mol. The van der Waals surface area contributed by atoms with Gasteiger partial charge >= 0.3 is 0 Å². The van der Waals surface area contributed by atoms with E-state index in [0.29, 0.717) is 5.92 Å². The highest BCUT2D eigenvalue weighted by atomic mass is 15.3. The highest BCUT2D eigenvalue weighted by Gasteiger charge is 2.10. The first-order valence-electron chi connectivity index (χ1n) is 3.78. The van der Waals surface area contributed by atoms with Crippen LogP contribution in [0.3, 0.4) is 0 Å². The van der Waals surface area contributed by atoms with Crippen LogP contribution in [0.15, 0.2) is 35.4 Å². The molecule has 1 aromatic rings. The van der Waals surface area contributed by atoms with Crippen LogP contribution < -0.4 is 5.43 Å². The van der Waals surface area contributed by atoms with Gasteiger partial charge in [0.25, 0.3) is 0 Å². The van der Waals surface area contributed by atoms with Crippen molar-refractivity contribution < 1.29 is 0 Å². The third kappa shape index (κ3) is 1.24. The molecule has 0 radical (unpaired) electrons. The van der Waals surface area contributed by atoms with Gasteiger partial charge in [-0.2, -0.15) is 5.10 Å². The maximum absolute atomic E-state index is 3.97. The summed E-state index contributed by atoms with van der Waals surface area (Å²) in [5.41, 5.74) is 4.27. The molecule has 1 unspecified atom stereocenters. The van der Waals surface area contributed by atoms with E-state index >= 15 is 0 Å². The summed E-state index contributed by atoms with van der Waals surface area (Å²) in [7, 11) is 0. The predicted molar refractivity (Wildman–Crippen MR) is 45.7 cm³/mol. The van der Waals surface area contributed by atoms with Crippen molar-refractivity contribution in [3.63, 3.8) is 0 Å². The molecule has 1 aliphatic heterocycles. The van der Waals surface area contributed by atoms with E-state index < -0.39 is 0 Å². The Bertz CT molecular complexity index is 254. The van der Waals surface area contributed by atoms with Gasteiger partial charge in [0.2, 0.25) is 0 Å². The lowest BCUT2D eigenvalue weighted by Crippen LogP contribution is -2.07. The maximum atomic E-state index is 3.97. The van der Waals surface area contributed by atoms with Crippen molar-refractivity contribution in [3.05, 3.63) is 35.9 Å². The Balaban J connectivity index is 2.23. The molecule has 0 amide bonds. The van der Waals surface area contributed by atoms with E-state index in [1.807, 2.05) is 12.3 Å². The van der Waals surface area contributed by atoms with Crippen LogP contribution in [-0.2, 0) is 0 Å². The molecule has 0 aliphatic carbocycles. The fourth-order valence-corrected chi connectivity index (χ4v) is 1.25. The Hall–Kier alpha value is -1.31. The van der Waals surface area contributed by atoms with E-state index in [2.05, 4.69) is 34.8 Å². The number of hydrazone groups is 1. The standard InChI is InChI=1S/C9H10N2/c1-2-4-8(5-3-1)9-6-10-11-7-9/h1-6,9,11H,7H2. The SMILES string of the molecule is C1=NNCC1c1ccccc1. The van der Waals surface area contributed by atoms with Gasteiger partial charge in [0, 0.05) is 18.7 Å². The zero-order valence-corrected chi connectivity index (χ0v) is 6.20. The highest BCUT2D eigenvalue weighted by Crippen LogP contribution is 2.14. The molecule has 2 nitrogen and oxygen atoms in total. The predicted octanol–water partition coefficient (Wildman–Crippen LogP) is 1.36. The zero-order chi connectivity index (χ0) is 7.52. The summed E-state index contributed by atoms with van der Waals surface area (Å²) in [5, 5.41) is 3.97. The van der Waals surface area contributed by atoms with Gasteiger partial charge in [-0.25, -0.2) is 0 Å². The van der Waals surface area contributed by atoms with Crippen LogP contribution in [0.25, 0.3) is 0 Å². The first kappa shape index (κ1) is 6.40. The molecule has 0 bridgehead atoms. The second-order valence-corrected chi connectivity index (χ2v) is 2.66. The fraction of sp³-hybridized carbons (Fsp3) is 0.222. The Kier molecular flexibility index (Phi) is 1.60. The van der Waals surface area contributed by atoms with Gasteiger partial charge in [0.05, 0.1) is 0 Å². The second-order valence-electron chi connectivity index (χ2n) is 2.66. The van der Waals surface area contributed by atoms with Crippen molar-refractivity contribution in [2.75, 3.05) is 6.54 Å². The van der Waals surface area contributed by atoms with Crippen LogP contribution in [0.2, 0.25) is 0 Å². The van der Waals surface area contributed by atoms with Crippen LogP contribution in [-0.4, -0.2) is 12.8 Å². The molecule has 0 saturated heterocycles. The van der Waals surface area contributed by atoms with E-state index in [0.717, 1.165) is 6.54 Å². The Morgan fingerprint density at radius 1 is 1.27 bits per heavy atom. The Labute approximate surface area is 65.9 Å². The van der Waals surface area contributed by atoms with E-state index in [9.17, 15) is 0 Å². The summed E-state index contributed by atoms with van der Waals surface area (Å²) < 4.78 is 0. The van der Waals surface area contributed by atoms with E-state index in [4.69, 9.17) is 0 Å². The van der Waals surface area contributed by atoms with Crippen LogP contribution >= 0.6 is 0 Å². The lowest BCUT2D eigenvalue weighted by molar-refractivity contribution is 0.764. The minimum absolute atomic E-state index is 0.469. The normalized spacial score (nSPS) is 21.6. The Morgan fingerprint density at radius 2 is 2.09 bits per heavy atom. The number of rotatable bonds is 1. The lowest BCUT2D eigenvalue weighted by Gasteiger charge is -2.03. The minimum atomic E-state index is 0.469. The summed E-state index contributed by atoms with van der Waals surface area (Å²) >= 11 is 0. The number of nitrogens with zero attached hydrogens (tertiary/aromatic N) is 1. The van der Waals surface area contributed by atoms with Crippen molar-refractivity contribution in [1.82, 2.24) is 5.43 Å². The van der Waals surface area contributed by atoms with Crippen LogP contribution in [0.1, 0.15) is 11.5 Å². The number of nitrogens with one attached hydrogen (secondary N) is 1. The molecule has 1 aliphatic rings. The quantitative estimate of drug-likeness (QED) is 0.635. The minimum Gasteiger partial charge on any atom is -0.309 e. The summed E-state index contributed by atoms with van der Waals surface area (Å²) in [6, 6.07) is 10.4. The molecule has 1 heterocycles. The van der Waals surface area contributed by atoms with Crippen molar-refractivity contribution in [3.8, 4) is 0 Å². The lowest BCUT2D eigenvalue weighted by atomic mass is 10.0. The molecular formula is C9H10N2. The van der Waals surface area contributed by atoms with Crippen molar-refractivity contribution in [1.29, 1.82) is 0 Å². The molecule has 2 heteroatoms. The van der Waals surface area contributed by atoms with Gasteiger partial charge in [-0.15, -0.1) is 0 Å². The van der Waals surface area contributed by atoms with E-state index in [1.165, 1.54) is 5.56 Å². The molecule has 1 atom stereocenters. The first-order valence-corrected chi connectivity index (χ1v) is 3.78. The monoisotopic (exact) mass is 146 g/mol. The van der Waals surface area contributed by atoms with Crippen molar-refractivity contribution >= 4 is 6.21 Å². The molecule has 0 fully saturated rings. The smallest absolute Gasteiger partial charge is 0.0448 e. The van der Waals surface area contributed by atoms with Crippen LogP contribution in [0, 0.1) is 0 Å². The Morgan fingerprint density at radius 3 is 2.73 bits per heavy atom. The molecule has 2 rings (SSSR count). The largest absolute Gasteiger partial charge is 0.309 e. The number of hydrogen-bond donors (Lipinski definition) is 1. The molecule has 0 spiro atoms. The average Bonchev–Trinajstić information content (AvgIpc) is 2.58. The van der Waals surface area contributed by atoms with Gasteiger partial charge in [0.1, 0.15) is 0 Å². The maximum Gasteiger partial charge on any atom is 0.0448 e. The fourth-order valence-electron chi connectivity index (χ4n) is 1.25. The van der Waals surface area contributed by atoms with Gasteiger partial charge in [-0.3, -0.25) is 0 Å². The highest BCUT2D eigenvalue weighted by molar-refractivity contribution is 5.69. The van der Waals surface area contributed by atoms with Gasteiger partial charge < -0.3 is 5.43 Å². The third-order valence-electron chi connectivity index (χ3n) is 1.88. The summed E-state index contributed by atoms with van der Waals surface area (Å²) in [5.74, 6) is 0.469. The second kappa shape index (κ2) is 2.74. The summed E-state index contributed by atoms with van der Waals surface area (Å²) in [6.07, 6.45) is 1.95. The van der Waals surface area contributed by atoms with E-state index in [1.54, 1.807) is 0 Å². The van der Waals surface area contributed by atoms with Crippen molar-refractivity contribution in [2.45, 2.75) is 5.92 Å². The summed E-state index contributed by atoms with van der Waals surface area (Å²) in [6.45, 7) is 0.935. The van der Waals surface area contributed by atoms with Gasteiger partial charge in [-0.05, 0) is 5.56 Å². The van der Waals surface area contributed by atoms with Gasteiger partial charge in [0.15, 0.2) is 0 Å². The van der Waals surface area contributed by atoms with Gasteiger partial charge in [-0.1, -0.05) is 30.3 Å². The average molecular weight is 146 g/mol. The molecule has 1 aromatic carbocycles.